The molecule has 1 aromatic carbocycles. The molecule has 0 atom stereocenters. The van der Waals surface area contributed by atoms with Crippen LogP contribution in [0.15, 0.2) is 29.2 Å². The molecule has 1 fully saturated rings. The molecule has 5 nitrogen and oxygen atoms in total. The van der Waals surface area contributed by atoms with Gasteiger partial charge >= 0.3 is 0 Å². The first-order valence-corrected chi connectivity index (χ1v) is 8.45. The molecule has 1 aliphatic carbocycles. The molecule has 0 amide bonds. The van der Waals surface area contributed by atoms with E-state index in [2.05, 4.69) is 0 Å². The van der Waals surface area contributed by atoms with Crippen LogP contribution in [-0.2, 0) is 16.6 Å². The summed E-state index contributed by atoms with van der Waals surface area (Å²) in [4.78, 5) is 0.273. The van der Waals surface area contributed by atoms with E-state index in [1.807, 2.05) is 0 Å². The van der Waals surface area contributed by atoms with Gasteiger partial charge in [-0.2, -0.15) is 4.31 Å². The van der Waals surface area contributed by atoms with Crippen molar-refractivity contribution in [2.75, 3.05) is 13.2 Å². The van der Waals surface area contributed by atoms with E-state index in [0.717, 1.165) is 31.2 Å². The minimum atomic E-state index is -3.54. The third-order valence-corrected chi connectivity index (χ3v) is 5.78. The highest BCUT2D eigenvalue weighted by atomic mass is 32.2. The Balaban J connectivity index is 2.28. The average molecular weight is 298 g/mol. The molecular formula is C14H22N2O3S. The lowest BCUT2D eigenvalue weighted by molar-refractivity contribution is 0.226. The Morgan fingerprint density at radius 1 is 1.20 bits per heavy atom. The van der Waals surface area contributed by atoms with Gasteiger partial charge in [-0.1, -0.05) is 25.0 Å². The molecule has 1 saturated carbocycles. The molecule has 0 aromatic heterocycles. The van der Waals surface area contributed by atoms with E-state index in [0.29, 0.717) is 6.54 Å². The van der Waals surface area contributed by atoms with E-state index in [-0.39, 0.29) is 24.1 Å². The Kier molecular flexibility index (Phi) is 5.15. The summed E-state index contributed by atoms with van der Waals surface area (Å²) in [5.74, 6) is 0. The molecule has 6 heteroatoms. The molecule has 0 heterocycles. The van der Waals surface area contributed by atoms with Crippen LogP contribution in [0.1, 0.15) is 31.2 Å². The first kappa shape index (κ1) is 15.4. The molecule has 0 aliphatic heterocycles. The first-order chi connectivity index (χ1) is 9.59. The van der Waals surface area contributed by atoms with Crippen molar-refractivity contribution in [1.82, 2.24) is 4.31 Å². The predicted octanol–water partition coefficient (Wildman–Crippen LogP) is 1.07. The van der Waals surface area contributed by atoms with Crippen molar-refractivity contribution in [3.8, 4) is 0 Å². The van der Waals surface area contributed by atoms with Crippen LogP contribution < -0.4 is 5.73 Å². The van der Waals surface area contributed by atoms with E-state index in [9.17, 15) is 8.42 Å². The number of hydrogen-bond donors (Lipinski definition) is 2. The van der Waals surface area contributed by atoms with Crippen LogP contribution >= 0.6 is 0 Å². The van der Waals surface area contributed by atoms with Gasteiger partial charge in [0.05, 0.1) is 11.5 Å². The standard InChI is InChI=1S/C14H22N2O3S/c15-11-12-5-7-14(8-6-12)20(18,19)16(9-10-17)13-3-1-2-4-13/h5-8,13,17H,1-4,9-11,15H2. The molecule has 2 rings (SSSR count). The van der Waals surface area contributed by atoms with Gasteiger partial charge in [-0.3, -0.25) is 0 Å². The second-order valence-corrected chi connectivity index (χ2v) is 7.02. The lowest BCUT2D eigenvalue weighted by Crippen LogP contribution is -2.40. The summed E-state index contributed by atoms with van der Waals surface area (Å²) in [6.07, 6.45) is 3.85. The van der Waals surface area contributed by atoms with Gasteiger partial charge in [0.15, 0.2) is 0 Å². The van der Waals surface area contributed by atoms with Crippen LogP contribution in [0.3, 0.4) is 0 Å². The Labute approximate surface area is 120 Å². The van der Waals surface area contributed by atoms with Crippen LogP contribution in [-0.4, -0.2) is 37.0 Å². The summed E-state index contributed by atoms with van der Waals surface area (Å²) in [6.45, 7) is 0.394. The highest BCUT2D eigenvalue weighted by molar-refractivity contribution is 7.89. The zero-order valence-corrected chi connectivity index (χ0v) is 12.3. The molecule has 0 spiro atoms. The summed E-state index contributed by atoms with van der Waals surface area (Å²) < 4.78 is 26.8. The van der Waals surface area contributed by atoms with Crippen molar-refractivity contribution in [2.24, 2.45) is 5.73 Å². The fraction of sp³-hybridized carbons (Fsp3) is 0.571. The maximum Gasteiger partial charge on any atom is 0.243 e. The Hall–Kier alpha value is -0.950. The van der Waals surface area contributed by atoms with Crippen LogP contribution in [0.25, 0.3) is 0 Å². The number of nitrogens with two attached hydrogens (primary N) is 1. The number of rotatable bonds is 6. The van der Waals surface area contributed by atoms with Crippen molar-refractivity contribution in [1.29, 1.82) is 0 Å². The fourth-order valence-electron chi connectivity index (χ4n) is 2.72. The lowest BCUT2D eigenvalue weighted by Gasteiger charge is -2.27. The van der Waals surface area contributed by atoms with Crippen LogP contribution in [0, 0.1) is 0 Å². The molecule has 0 bridgehead atoms. The van der Waals surface area contributed by atoms with E-state index >= 15 is 0 Å². The van der Waals surface area contributed by atoms with Gasteiger partial charge in [0.2, 0.25) is 10.0 Å². The van der Waals surface area contributed by atoms with Crippen LogP contribution in [0.4, 0.5) is 0 Å². The molecule has 112 valence electrons. The van der Waals surface area contributed by atoms with Gasteiger partial charge in [0.1, 0.15) is 0 Å². The first-order valence-electron chi connectivity index (χ1n) is 7.01. The van der Waals surface area contributed by atoms with Crippen LogP contribution in [0.2, 0.25) is 0 Å². The second-order valence-electron chi connectivity index (χ2n) is 5.13. The number of benzene rings is 1. The Bertz CT molecular complexity index is 522. The third kappa shape index (κ3) is 3.20. The van der Waals surface area contributed by atoms with E-state index in [4.69, 9.17) is 10.8 Å². The van der Waals surface area contributed by atoms with Crippen molar-refractivity contribution in [3.05, 3.63) is 29.8 Å². The molecular weight excluding hydrogens is 276 g/mol. The molecule has 1 aromatic rings. The average Bonchev–Trinajstić information content (AvgIpc) is 2.98. The largest absolute Gasteiger partial charge is 0.395 e. The normalized spacial score (nSPS) is 16.9. The third-order valence-electron chi connectivity index (χ3n) is 3.82. The molecule has 0 radical (unpaired) electrons. The highest BCUT2D eigenvalue weighted by Crippen LogP contribution is 2.28. The zero-order valence-electron chi connectivity index (χ0n) is 11.5. The van der Waals surface area contributed by atoms with E-state index in [1.165, 1.54) is 4.31 Å². The van der Waals surface area contributed by atoms with Gasteiger partial charge < -0.3 is 10.8 Å². The number of aliphatic hydroxyl groups excluding tert-OH is 1. The number of aliphatic hydroxyl groups is 1. The van der Waals surface area contributed by atoms with Gasteiger partial charge in [-0.05, 0) is 30.5 Å². The van der Waals surface area contributed by atoms with Crippen LogP contribution in [0.5, 0.6) is 0 Å². The zero-order chi connectivity index (χ0) is 14.6. The highest BCUT2D eigenvalue weighted by Gasteiger charge is 2.32. The van der Waals surface area contributed by atoms with E-state index < -0.39 is 10.0 Å². The molecule has 0 saturated heterocycles. The maximum atomic E-state index is 12.7. The van der Waals surface area contributed by atoms with Crippen molar-refractivity contribution in [2.45, 2.75) is 43.2 Å². The summed E-state index contributed by atoms with van der Waals surface area (Å²) in [5, 5.41) is 9.17. The lowest BCUT2D eigenvalue weighted by atomic mass is 10.2. The van der Waals surface area contributed by atoms with E-state index in [1.54, 1.807) is 24.3 Å². The van der Waals surface area contributed by atoms with Gasteiger partial charge in [0.25, 0.3) is 0 Å². The quantitative estimate of drug-likeness (QED) is 0.823. The predicted molar refractivity (Wildman–Crippen MR) is 77.6 cm³/mol. The summed E-state index contributed by atoms with van der Waals surface area (Å²) >= 11 is 0. The minimum Gasteiger partial charge on any atom is -0.395 e. The summed E-state index contributed by atoms with van der Waals surface area (Å²) in [7, 11) is -3.54. The monoisotopic (exact) mass is 298 g/mol. The SMILES string of the molecule is NCc1ccc(S(=O)(=O)N(CCO)C2CCCC2)cc1. The Morgan fingerprint density at radius 3 is 2.30 bits per heavy atom. The topological polar surface area (TPSA) is 83.6 Å². The fourth-order valence-corrected chi connectivity index (χ4v) is 4.40. The van der Waals surface area contributed by atoms with Gasteiger partial charge in [-0.25, -0.2) is 8.42 Å². The van der Waals surface area contributed by atoms with Gasteiger partial charge in [0, 0.05) is 19.1 Å². The van der Waals surface area contributed by atoms with Crippen molar-refractivity contribution < 1.29 is 13.5 Å². The number of hydrogen-bond acceptors (Lipinski definition) is 4. The van der Waals surface area contributed by atoms with Crippen molar-refractivity contribution in [3.63, 3.8) is 0 Å². The van der Waals surface area contributed by atoms with Crippen molar-refractivity contribution >= 4 is 10.0 Å². The number of sulfonamides is 1. The van der Waals surface area contributed by atoms with Gasteiger partial charge in [-0.15, -0.1) is 0 Å². The second kappa shape index (κ2) is 6.67. The minimum absolute atomic E-state index is 0.0151. The molecule has 20 heavy (non-hydrogen) atoms. The molecule has 3 N–H and O–H groups in total. The summed E-state index contributed by atoms with van der Waals surface area (Å²) in [6, 6.07) is 6.67. The molecule has 0 unspecified atom stereocenters. The maximum absolute atomic E-state index is 12.7. The molecule has 1 aliphatic rings. The smallest absolute Gasteiger partial charge is 0.243 e. The number of nitrogens with zero attached hydrogens (tertiary/aromatic N) is 1. The summed E-state index contributed by atoms with van der Waals surface area (Å²) in [5.41, 5.74) is 6.42. The Morgan fingerprint density at radius 2 is 1.80 bits per heavy atom.